The monoisotopic (exact) mass is 263 g/mol. The fourth-order valence-electron chi connectivity index (χ4n) is 3.43. The van der Waals surface area contributed by atoms with E-state index in [0.29, 0.717) is 18.4 Å². The van der Waals surface area contributed by atoms with Gasteiger partial charge in [0.15, 0.2) is 0 Å². The van der Waals surface area contributed by atoms with E-state index in [1.54, 1.807) is 6.07 Å². The first-order valence-electron chi connectivity index (χ1n) is 6.70. The van der Waals surface area contributed by atoms with Crippen molar-refractivity contribution in [2.75, 3.05) is 26.2 Å². The summed E-state index contributed by atoms with van der Waals surface area (Å²) in [6, 6.07) is 4.96. The first-order chi connectivity index (χ1) is 9.16. The van der Waals surface area contributed by atoms with Gasteiger partial charge in [0.1, 0.15) is 11.4 Å². The largest absolute Gasteiger partial charge is 0.368 e. The van der Waals surface area contributed by atoms with Crippen molar-refractivity contribution in [3.05, 3.63) is 35.1 Å². The fourth-order valence-corrected chi connectivity index (χ4v) is 3.43. The summed E-state index contributed by atoms with van der Waals surface area (Å²) in [6.45, 7) is 3.19. The molecular weight excluding hydrogens is 245 g/mol. The first kappa shape index (κ1) is 12.6. The second-order valence-corrected chi connectivity index (χ2v) is 5.23. The van der Waals surface area contributed by atoms with Gasteiger partial charge < -0.3 is 11.1 Å². The number of nitrogens with one attached hydrogen (secondary N) is 1. The van der Waals surface area contributed by atoms with Gasteiger partial charge in [0.05, 0.1) is 0 Å². The highest BCUT2D eigenvalue weighted by Gasteiger charge is 2.49. The number of halogens is 1. The summed E-state index contributed by atoms with van der Waals surface area (Å²) in [7, 11) is 0. The summed E-state index contributed by atoms with van der Waals surface area (Å²) in [5.41, 5.74) is 6.30. The second kappa shape index (κ2) is 4.58. The van der Waals surface area contributed by atoms with E-state index in [9.17, 15) is 9.18 Å². The number of piperazine rings is 1. The van der Waals surface area contributed by atoms with Crippen LogP contribution < -0.4 is 11.1 Å². The molecule has 1 atom stereocenters. The molecule has 4 nitrogen and oxygen atoms in total. The van der Waals surface area contributed by atoms with Crippen LogP contribution >= 0.6 is 0 Å². The summed E-state index contributed by atoms with van der Waals surface area (Å²) in [5, 5.41) is 3.26. The van der Waals surface area contributed by atoms with Crippen molar-refractivity contribution in [3.63, 3.8) is 0 Å². The second-order valence-electron chi connectivity index (χ2n) is 5.23. The number of nitrogens with zero attached hydrogens (tertiary/aromatic N) is 1. The van der Waals surface area contributed by atoms with E-state index in [4.69, 9.17) is 5.73 Å². The Kier molecular flexibility index (Phi) is 3.03. The van der Waals surface area contributed by atoms with Gasteiger partial charge in [-0.3, -0.25) is 9.69 Å². The van der Waals surface area contributed by atoms with E-state index in [1.807, 2.05) is 6.07 Å². The van der Waals surface area contributed by atoms with Gasteiger partial charge in [0.25, 0.3) is 0 Å². The molecule has 1 aliphatic carbocycles. The summed E-state index contributed by atoms with van der Waals surface area (Å²) < 4.78 is 13.9. The highest BCUT2D eigenvalue weighted by molar-refractivity contribution is 5.87. The number of nitrogens with two attached hydrogens (primary N) is 1. The molecule has 0 spiro atoms. The van der Waals surface area contributed by atoms with Crippen molar-refractivity contribution < 1.29 is 9.18 Å². The van der Waals surface area contributed by atoms with Crippen LogP contribution in [0.3, 0.4) is 0 Å². The van der Waals surface area contributed by atoms with E-state index in [2.05, 4.69) is 10.2 Å². The summed E-state index contributed by atoms with van der Waals surface area (Å²) in [4.78, 5) is 14.2. The zero-order valence-electron chi connectivity index (χ0n) is 10.8. The van der Waals surface area contributed by atoms with Gasteiger partial charge in [-0.05, 0) is 30.0 Å². The lowest BCUT2D eigenvalue weighted by Gasteiger charge is -2.42. The molecule has 1 unspecified atom stereocenters. The zero-order valence-corrected chi connectivity index (χ0v) is 10.8. The van der Waals surface area contributed by atoms with Crippen LogP contribution in [0.15, 0.2) is 18.2 Å². The van der Waals surface area contributed by atoms with Gasteiger partial charge in [0, 0.05) is 26.2 Å². The predicted octanol–water partition coefficient (Wildman–Crippen LogP) is 0.358. The highest BCUT2D eigenvalue weighted by Crippen LogP contribution is 2.42. The molecule has 3 rings (SSSR count). The van der Waals surface area contributed by atoms with E-state index < -0.39 is 5.54 Å². The predicted molar refractivity (Wildman–Crippen MR) is 70.0 cm³/mol. The average Bonchev–Trinajstić information content (AvgIpc) is 2.82. The third-order valence-electron chi connectivity index (χ3n) is 4.37. The Hall–Kier alpha value is -1.46. The molecule has 0 saturated carbocycles. The summed E-state index contributed by atoms with van der Waals surface area (Å²) >= 11 is 0. The van der Waals surface area contributed by atoms with Crippen molar-refractivity contribution in [1.82, 2.24) is 10.2 Å². The molecule has 1 saturated heterocycles. The van der Waals surface area contributed by atoms with Crippen LogP contribution in [0.25, 0.3) is 0 Å². The van der Waals surface area contributed by atoms with Crippen molar-refractivity contribution in [3.8, 4) is 0 Å². The van der Waals surface area contributed by atoms with E-state index in [-0.39, 0.29) is 11.7 Å². The number of primary amides is 1. The van der Waals surface area contributed by atoms with E-state index in [1.165, 1.54) is 6.07 Å². The molecule has 1 aromatic rings. The fraction of sp³-hybridized carbons (Fsp3) is 0.500. The van der Waals surface area contributed by atoms with Crippen LogP contribution in [0, 0.1) is 5.82 Å². The number of rotatable bonds is 2. The minimum absolute atomic E-state index is 0.226. The molecule has 1 amide bonds. The number of hydrogen-bond acceptors (Lipinski definition) is 3. The minimum Gasteiger partial charge on any atom is -0.368 e. The Morgan fingerprint density at radius 2 is 2.11 bits per heavy atom. The van der Waals surface area contributed by atoms with E-state index >= 15 is 0 Å². The Morgan fingerprint density at radius 1 is 1.37 bits per heavy atom. The molecule has 0 bridgehead atoms. The number of carbonyl (C=O) groups is 1. The van der Waals surface area contributed by atoms with Crippen LogP contribution in [-0.4, -0.2) is 37.0 Å². The molecule has 1 aliphatic heterocycles. The van der Waals surface area contributed by atoms with Gasteiger partial charge >= 0.3 is 0 Å². The van der Waals surface area contributed by atoms with Crippen LogP contribution in [0.1, 0.15) is 17.5 Å². The van der Waals surface area contributed by atoms with Crippen molar-refractivity contribution in [1.29, 1.82) is 0 Å². The SMILES string of the molecule is NC(=O)C1(N2CCNCC2)CCc2c(F)cccc21. The van der Waals surface area contributed by atoms with Crippen LogP contribution in [0.2, 0.25) is 0 Å². The molecular formula is C14H18FN3O. The Labute approximate surface area is 111 Å². The van der Waals surface area contributed by atoms with Gasteiger partial charge in [-0.2, -0.15) is 0 Å². The first-order valence-corrected chi connectivity index (χ1v) is 6.70. The zero-order chi connectivity index (χ0) is 13.5. The maximum Gasteiger partial charge on any atom is 0.242 e. The summed E-state index contributed by atoms with van der Waals surface area (Å²) in [6.07, 6.45) is 1.16. The van der Waals surface area contributed by atoms with Gasteiger partial charge in [-0.1, -0.05) is 12.1 Å². The maximum absolute atomic E-state index is 13.9. The minimum atomic E-state index is -0.820. The van der Waals surface area contributed by atoms with Gasteiger partial charge in [-0.25, -0.2) is 4.39 Å². The lowest BCUT2D eigenvalue weighted by molar-refractivity contribution is -0.131. The Morgan fingerprint density at radius 3 is 2.79 bits per heavy atom. The number of amides is 1. The topological polar surface area (TPSA) is 58.4 Å². The Bertz CT molecular complexity index is 513. The lowest BCUT2D eigenvalue weighted by Crippen LogP contribution is -2.59. The molecule has 3 N–H and O–H groups in total. The van der Waals surface area contributed by atoms with Gasteiger partial charge in [-0.15, -0.1) is 0 Å². The van der Waals surface area contributed by atoms with Crippen molar-refractivity contribution in [2.24, 2.45) is 5.73 Å². The standard InChI is InChI=1S/C14H18FN3O/c15-12-3-1-2-11-10(12)4-5-14(11,13(16)19)18-8-6-17-7-9-18/h1-3,17H,4-9H2,(H2,16,19). The van der Waals surface area contributed by atoms with Crippen LogP contribution in [-0.2, 0) is 16.8 Å². The normalized spacial score (nSPS) is 27.2. The molecule has 1 heterocycles. The molecule has 0 aromatic heterocycles. The molecule has 0 radical (unpaired) electrons. The molecule has 102 valence electrons. The quantitative estimate of drug-likeness (QED) is 0.810. The number of hydrogen-bond donors (Lipinski definition) is 2. The van der Waals surface area contributed by atoms with E-state index in [0.717, 1.165) is 31.7 Å². The maximum atomic E-state index is 13.9. The smallest absolute Gasteiger partial charge is 0.242 e. The van der Waals surface area contributed by atoms with Crippen molar-refractivity contribution >= 4 is 5.91 Å². The van der Waals surface area contributed by atoms with Crippen LogP contribution in [0.4, 0.5) is 4.39 Å². The van der Waals surface area contributed by atoms with Crippen molar-refractivity contribution in [2.45, 2.75) is 18.4 Å². The molecule has 5 heteroatoms. The third-order valence-corrected chi connectivity index (χ3v) is 4.37. The number of fused-ring (bicyclic) bond motifs is 1. The number of benzene rings is 1. The average molecular weight is 263 g/mol. The molecule has 1 aromatic carbocycles. The lowest BCUT2D eigenvalue weighted by atomic mass is 9.88. The molecule has 2 aliphatic rings. The molecule has 1 fully saturated rings. The molecule has 19 heavy (non-hydrogen) atoms. The van der Waals surface area contributed by atoms with Crippen LogP contribution in [0.5, 0.6) is 0 Å². The summed E-state index contributed by atoms with van der Waals surface area (Å²) in [5.74, 6) is -0.588. The van der Waals surface area contributed by atoms with Gasteiger partial charge in [0.2, 0.25) is 5.91 Å². The Balaban J connectivity index is 2.09. The number of carbonyl (C=O) groups excluding carboxylic acids is 1. The highest BCUT2D eigenvalue weighted by atomic mass is 19.1. The third kappa shape index (κ3) is 1.76.